The average molecular weight is 1070 g/mol. The van der Waals surface area contributed by atoms with E-state index < -0.39 is 18.3 Å². The van der Waals surface area contributed by atoms with Crippen LogP contribution >= 0.6 is 0 Å². The first-order valence-corrected chi connectivity index (χ1v) is 30.9. The predicted molar refractivity (Wildman–Crippen MR) is 311 cm³/mol. The molecule has 0 aliphatic rings. The van der Waals surface area contributed by atoms with Gasteiger partial charge >= 0.3 is 17.9 Å². The zero-order chi connectivity index (χ0) is 55.8. The Labute approximate surface area is 460 Å². The number of ether oxygens (including phenoxy) is 3. The first-order chi connectivity index (χ1) is 36.6. The summed E-state index contributed by atoms with van der Waals surface area (Å²) in [6, 6.07) is 0. The van der Waals surface area contributed by atoms with Crippen molar-refractivity contribution in [2.75, 3.05) is 39.6 Å². The largest absolute Gasteiger partial charge is 0.463 e. The summed E-state index contributed by atoms with van der Waals surface area (Å²) in [6.07, 6.45) is 60.3. The molecule has 0 spiro atoms. The molecule has 0 saturated carbocycles. The van der Waals surface area contributed by atoms with Crippen LogP contribution < -0.4 is 0 Å². The molecule has 0 bridgehead atoms. The van der Waals surface area contributed by atoms with E-state index in [0.717, 1.165) is 77.0 Å². The molecule has 3 atom stereocenters. The summed E-state index contributed by atoms with van der Waals surface area (Å²) < 4.78 is 14.6. The molecule has 0 radical (unpaired) electrons. The molecule has 0 aromatic rings. The highest BCUT2D eigenvalue weighted by molar-refractivity contribution is 5.69. The number of hydrogen-bond donors (Lipinski definition) is 6. The lowest BCUT2D eigenvalue weighted by molar-refractivity contribution is -0.148. The molecule has 0 amide bonds. The van der Waals surface area contributed by atoms with Crippen LogP contribution in [0.1, 0.15) is 290 Å². The van der Waals surface area contributed by atoms with Gasteiger partial charge in [0.2, 0.25) is 0 Å². The van der Waals surface area contributed by atoms with Crippen LogP contribution in [0, 0.1) is 0 Å². The van der Waals surface area contributed by atoms with E-state index in [1.54, 1.807) is 0 Å². The number of unbranched alkanes of at least 4 members (excludes halogenated alkanes) is 33. The van der Waals surface area contributed by atoms with Gasteiger partial charge in [-0.1, -0.05) is 211 Å². The van der Waals surface area contributed by atoms with Crippen LogP contribution in [0.25, 0.3) is 0 Å². The molecule has 444 valence electrons. The molecule has 75 heavy (non-hydrogen) atoms. The predicted octanol–water partition coefficient (Wildman–Crippen LogP) is 14.8. The third-order valence-electron chi connectivity index (χ3n) is 12.9. The zero-order valence-corrected chi connectivity index (χ0v) is 48.8. The second-order valence-electron chi connectivity index (χ2n) is 20.6. The van der Waals surface area contributed by atoms with Crippen molar-refractivity contribution in [1.82, 2.24) is 0 Å². The maximum Gasteiger partial charge on any atom is 0.305 e. The Morgan fingerprint density at radius 3 is 0.653 bits per heavy atom. The second kappa shape index (κ2) is 67.5. The fourth-order valence-electron chi connectivity index (χ4n) is 7.96. The van der Waals surface area contributed by atoms with E-state index in [-0.39, 0.29) is 57.5 Å². The standard InChI is InChI=1S/3C21H40O4/c3*1-2-3-4-5-6-7-8-9-10-11-12-13-14-15-16-17-21(24)25-19-20(23)18-22/h3*9-10,20,22-23H,2-8,11-19H2,1H3/b3*10-9-. The maximum absolute atomic E-state index is 11.4. The Hall–Kier alpha value is -2.61. The number of aliphatic hydroxyl groups is 6. The summed E-state index contributed by atoms with van der Waals surface area (Å²) in [5.74, 6) is -0.861. The SMILES string of the molecule is CCCCCCCC/C=C\CCCCCCCC(=O)OCC(O)CO.CCCCCCCC/C=C\CCCCCCCC(=O)OCC(O)CO.CCCCCCCC/C=C\CCCCCCCC(=O)OCC(O)CO. The van der Waals surface area contributed by atoms with Gasteiger partial charge in [0.25, 0.3) is 0 Å². The van der Waals surface area contributed by atoms with Crippen molar-refractivity contribution in [3.05, 3.63) is 36.5 Å². The first-order valence-electron chi connectivity index (χ1n) is 30.9. The summed E-state index contributed by atoms with van der Waals surface area (Å²) in [4.78, 5) is 34.1. The molecule has 0 aliphatic heterocycles. The average Bonchev–Trinajstić information content (AvgIpc) is 3.42. The summed E-state index contributed by atoms with van der Waals surface area (Å²) in [7, 11) is 0. The fraction of sp³-hybridized carbons (Fsp3) is 0.857. The highest BCUT2D eigenvalue weighted by atomic mass is 16.6. The normalized spacial score (nSPS) is 12.6. The van der Waals surface area contributed by atoms with Gasteiger partial charge in [0.05, 0.1) is 19.8 Å². The van der Waals surface area contributed by atoms with Crippen molar-refractivity contribution >= 4 is 17.9 Å². The Kier molecular flexibility index (Phi) is 69.0. The number of rotatable bonds is 54. The quantitative estimate of drug-likeness (QED) is 0.0146. The van der Waals surface area contributed by atoms with Crippen LogP contribution in [0.2, 0.25) is 0 Å². The van der Waals surface area contributed by atoms with Crippen molar-refractivity contribution in [2.45, 2.75) is 309 Å². The number of esters is 3. The van der Waals surface area contributed by atoms with Crippen LogP contribution in [0.5, 0.6) is 0 Å². The van der Waals surface area contributed by atoms with Crippen molar-refractivity contribution in [1.29, 1.82) is 0 Å². The molecule has 0 aliphatic carbocycles. The molecule has 0 saturated heterocycles. The van der Waals surface area contributed by atoms with E-state index in [9.17, 15) is 14.4 Å². The molecule has 0 aromatic carbocycles. The Morgan fingerprint density at radius 1 is 0.293 bits per heavy atom. The number of carbonyl (C=O) groups excluding carboxylic acids is 3. The van der Waals surface area contributed by atoms with Crippen LogP contribution in [-0.4, -0.2) is 107 Å². The fourth-order valence-corrected chi connectivity index (χ4v) is 7.96. The highest BCUT2D eigenvalue weighted by Crippen LogP contribution is 2.14. The van der Waals surface area contributed by atoms with Crippen molar-refractivity contribution in [2.24, 2.45) is 0 Å². The minimum Gasteiger partial charge on any atom is -0.463 e. The summed E-state index contributed by atoms with van der Waals surface area (Å²) in [5, 5.41) is 53.1. The maximum atomic E-state index is 11.4. The molecule has 0 heterocycles. The van der Waals surface area contributed by atoms with Crippen molar-refractivity contribution < 1.29 is 59.2 Å². The van der Waals surface area contributed by atoms with Crippen molar-refractivity contribution in [3.63, 3.8) is 0 Å². The minimum atomic E-state index is -0.960. The summed E-state index contributed by atoms with van der Waals surface area (Å²) in [6.45, 7) is 5.31. The summed E-state index contributed by atoms with van der Waals surface area (Å²) in [5.41, 5.74) is 0. The Balaban J connectivity index is -0.00000104. The number of aliphatic hydroxyl groups excluding tert-OH is 6. The summed E-state index contributed by atoms with van der Waals surface area (Å²) >= 11 is 0. The monoisotopic (exact) mass is 1070 g/mol. The lowest BCUT2D eigenvalue weighted by atomic mass is 10.1. The van der Waals surface area contributed by atoms with Gasteiger partial charge in [-0.3, -0.25) is 14.4 Å². The van der Waals surface area contributed by atoms with E-state index in [1.807, 2.05) is 0 Å². The van der Waals surface area contributed by atoms with Gasteiger partial charge in [-0.15, -0.1) is 0 Å². The van der Waals surface area contributed by atoms with E-state index in [4.69, 9.17) is 44.8 Å². The Morgan fingerprint density at radius 2 is 0.467 bits per heavy atom. The van der Waals surface area contributed by atoms with Gasteiger partial charge in [0, 0.05) is 19.3 Å². The van der Waals surface area contributed by atoms with Crippen LogP contribution in [0.15, 0.2) is 36.5 Å². The number of allylic oxidation sites excluding steroid dienone is 6. The topological polar surface area (TPSA) is 200 Å². The molecular formula is C63H120O12. The van der Waals surface area contributed by atoms with Gasteiger partial charge in [-0.05, 0) is 96.3 Å². The smallest absolute Gasteiger partial charge is 0.305 e. The molecule has 0 rings (SSSR count). The van der Waals surface area contributed by atoms with Crippen LogP contribution in [0.3, 0.4) is 0 Å². The molecule has 0 fully saturated rings. The van der Waals surface area contributed by atoms with E-state index in [2.05, 4.69) is 57.2 Å². The van der Waals surface area contributed by atoms with Gasteiger partial charge in [-0.2, -0.15) is 0 Å². The van der Waals surface area contributed by atoms with Gasteiger partial charge in [-0.25, -0.2) is 0 Å². The minimum absolute atomic E-state index is 0.111. The number of carbonyl (C=O) groups is 3. The lowest BCUT2D eigenvalue weighted by Gasteiger charge is -2.08. The molecule has 12 heteroatoms. The van der Waals surface area contributed by atoms with Crippen LogP contribution in [-0.2, 0) is 28.6 Å². The van der Waals surface area contributed by atoms with Gasteiger partial charge < -0.3 is 44.8 Å². The van der Waals surface area contributed by atoms with E-state index in [0.29, 0.717) is 19.3 Å². The molecule has 12 nitrogen and oxygen atoms in total. The van der Waals surface area contributed by atoms with Gasteiger partial charge in [0.1, 0.15) is 38.1 Å². The first kappa shape index (κ1) is 76.6. The van der Waals surface area contributed by atoms with E-state index >= 15 is 0 Å². The second-order valence-corrected chi connectivity index (χ2v) is 20.6. The van der Waals surface area contributed by atoms with Crippen LogP contribution in [0.4, 0.5) is 0 Å². The zero-order valence-electron chi connectivity index (χ0n) is 48.8. The molecule has 6 N–H and O–H groups in total. The third-order valence-corrected chi connectivity index (χ3v) is 12.9. The highest BCUT2D eigenvalue weighted by Gasteiger charge is 2.09. The van der Waals surface area contributed by atoms with E-state index in [1.165, 1.54) is 173 Å². The third kappa shape index (κ3) is 71.4. The molecular weight excluding hydrogens is 949 g/mol. The number of hydrogen-bond acceptors (Lipinski definition) is 12. The molecule has 3 unspecified atom stereocenters. The molecule has 0 aromatic heterocycles. The van der Waals surface area contributed by atoms with Crippen molar-refractivity contribution in [3.8, 4) is 0 Å². The Bertz CT molecular complexity index is 1090. The van der Waals surface area contributed by atoms with Gasteiger partial charge in [0.15, 0.2) is 0 Å². The lowest BCUT2D eigenvalue weighted by Crippen LogP contribution is -2.21.